The Morgan fingerprint density at radius 2 is 1.71 bits per heavy atom. The summed E-state index contributed by atoms with van der Waals surface area (Å²) in [7, 11) is 0. The maximum Gasteiger partial charge on any atom is 0.323 e. The lowest BCUT2D eigenvalue weighted by molar-refractivity contribution is -0.144. The molecule has 2 aromatic rings. The van der Waals surface area contributed by atoms with Crippen molar-refractivity contribution in [1.29, 1.82) is 0 Å². The van der Waals surface area contributed by atoms with Crippen molar-refractivity contribution < 1.29 is 28.6 Å². The highest BCUT2D eigenvalue weighted by Gasteiger charge is 2.18. The summed E-state index contributed by atoms with van der Waals surface area (Å²) in [5.41, 5.74) is 0.924. The van der Waals surface area contributed by atoms with Gasteiger partial charge in [-0.2, -0.15) is 0 Å². The Morgan fingerprint density at radius 1 is 1.07 bits per heavy atom. The van der Waals surface area contributed by atoms with E-state index in [2.05, 4.69) is 5.32 Å². The zero-order chi connectivity index (χ0) is 20.5. The molecule has 2 N–H and O–H groups in total. The molecule has 0 aromatic heterocycles. The summed E-state index contributed by atoms with van der Waals surface area (Å²) < 4.78 is 18.3. The van der Waals surface area contributed by atoms with Crippen molar-refractivity contribution in [2.45, 2.75) is 13.5 Å². The minimum Gasteiger partial charge on any atom is -0.494 e. The van der Waals surface area contributed by atoms with E-state index in [9.17, 15) is 18.8 Å². The molecule has 2 amide bonds. The van der Waals surface area contributed by atoms with Crippen LogP contribution in [0.1, 0.15) is 22.8 Å². The minimum absolute atomic E-state index is 0.00959. The predicted molar refractivity (Wildman–Crippen MR) is 99.4 cm³/mol. The van der Waals surface area contributed by atoms with E-state index < -0.39 is 30.1 Å². The molecule has 0 atom stereocenters. The van der Waals surface area contributed by atoms with Gasteiger partial charge in [0, 0.05) is 12.1 Å². The molecule has 7 nitrogen and oxygen atoms in total. The van der Waals surface area contributed by atoms with E-state index >= 15 is 0 Å². The van der Waals surface area contributed by atoms with Crippen molar-refractivity contribution in [3.05, 3.63) is 65.5 Å². The fraction of sp³-hybridized carbons (Fsp3) is 0.250. The smallest absolute Gasteiger partial charge is 0.323 e. The molecule has 0 radical (unpaired) electrons. The highest BCUT2D eigenvalue weighted by molar-refractivity contribution is 5.96. The largest absolute Gasteiger partial charge is 0.494 e. The number of ether oxygens (including phenoxy) is 1. The molecule has 0 aliphatic heterocycles. The highest BCUT2D eigenvalue weighted by atomic mass is 19.1. The number of carboxylic acid groups (broad SMARTS) is 1. The van der Waals surface area contributed by atoms with Crippen LogP contribution in [0.15, 0.2) is 48.5 Å². The third-order valence-corrected chi connectivity index (χ3v) is 3.79. The SMILES string of the molecule is CCOc1ccc(C(=O)NCC(=O)N(CC(=O)O)Cc2ccc(F)cc2)cc1. The van der Waals surface area contributed by atoms with E-state index in [0.717, 1.165) is 4.90 Å². The van der Waals surface area contributed by atoms with E-state index in [1.54, 1.807) is 24.3 Å². The van der Waals surface area contributed by atoms with Crippen LogP contribution in [0.3, 0.4) is 0 Å². The van der Waals surface area contributed by atoms with Gasteiger partial charge in [-0.05, 0) is 48.9 Å². The summed E-state index contributed by atoms with van der Waals surface area (Å²) in [5.74, 6) is -2.02. The first-order valence-corrected chi connectivity index (χ1v) is 8.64. The molecule has 0 saturated heterocycles. The zero-order valence-corrected chi connectivity index (χ0v) is 15.4. The number of carboxylic acids is 1. The molecule has 0 aliphatic rings. The van der Waals surface area contributed by atoms with Crippen LogP contribution in [0.5, 0.6) is 5.75 Å². The van der Waals surface area contributed by atoms with Crippen LogP contribution in [0.4, 0.5) is 4.39 Å². The quantitative estimate of drug-likeness (QED) is 0.686. The Bertz CT molecular complexity index is 821. The first-order chi connectivity index (χ1) is 13.4. The van der Waals surface area contributed by atoms with Crippen LogP contribution < -0.4 is 10.1 Å². The van der Waals surface area contributed by atoms with Crippen LogP contribution in [0, 0.1) is 5.82 Å². The molecule has 0 bridgehead atoms. The van der Waals surface area contributed by atoms with Gasteiger partial charge in [-0.3, -0.25) is 14.4 Å². The summed E-state index contributed by atoms with van der Waals surface area (Å²) in [5, 5.41) is 11.5. The van der Waals surface area contributed by atoms with Gasteiger partial charge in [0.05, 0.1) is 13.2 Å². The number of carbonyl (C=O) groups excluding carboxylic acids is 2. The first-order valence-electron chi connectivity index (χ1n) is 8.64. The van der Waals surface area contributed by atoms with Crippen LogP contribution in [0.2, 0.25) is 0 Å². The Morgan fingerprint density at radius 3 is 2.29 bits per heavy atom. The molecule has 0 saturated carbocycles. The molecule has 0 aliphatic carbocycles. The Labute approximate surface area is 161 Å². The van der Waals surface area contributed by atoms with Crippen molar-refractivity contribution in [2.75, 3.05) is 19.7 Å². The molecular weight excluding hydrogens is 367 g/mol. The molecule has 2 aromatic carbocycles. The van der Waals surface area contributed by atoms with Crippen molar-refractivity contribution >= 4 is 17.8 Å². The second-order valence-electron chi connectivity index (χ2n) is 5.91. The van der Waals surface area contributed by atoms with Crippen LogP contribution in [-0.4, -0.2) is 47.5 Å². The molecule has 0 unspecified atom stereocenters. The van der Waals surface area contributed by atoms with Gasteiger partial charge in [-0.25, -0.2) is 4.39 Å². The van der Waals surface area contributed by atoms with Gasteiger partial charge >= 0.3 is 5.97 Å². The molecule has 28 heavy (non-hydrogen) atoms. The molecule has 2 rings (SSSR count). The number of hydrogen-bond donors (Lipinski definition) is 2. The Kier molecular flexibility index (Phi) is 7.50. The second-order valence-corrected chi connectivity index (χ2v) is 5.91. The summed E-state index contributed by atoms with van der Waals surface area (Å²) in [6.07, 6.45) is 0. The number of amides is 2. The number of nitrogens with one attached hydrogen (secondary N) is 1. The van der Waals surface area contributed by atoms with Crippen molar-refractivity contribution in [3.63, 3.8) is 0 Å². The van der Waals surface area contributed by atoms with Gasteiger partial charge in [0.1, 0.15) is 18.1 Å². The fourth-order valence-electron chi connectivity index (χ4n) is 2.44. The number of hydrogen-bond acceptors (Lipinski definition) is 4. The Hall–Kier alpha value is -3.42. The fourth-order valence-corrected chi connectivity index (χ4v) is 2.44. The summed E-state index contributed by atoms with van der Waals surface area (Å²) >= 11 is 0. The number of benzene rings is 2. The molecule has 0 heterocycles. The zero-order valence-electron chi connectivity index (χ0n) is 15.4. The van der Waals surface area contributed by atoms with Crippen molar-refractivity contribution in [3.8, 4) is 5.75 Å². The van der Waals surface area contributed by atoms with E-state index in [1.807, 2.05) is 6.92 Å². The number of carbonyl (C=O) groups is 3. The molecule has 8 heteroatoms. The lowest BCUT2D eigenvalue weighted by atomic mass is 10.2. The highest BCUT2D eigenvalue weighted by Crippen LogP contribution is 2.12. The van der Waals surface area contributed by atoms with Gasteiger partial charge in [0.25, 0.3) is 5.91 Å². The average molecular weight is 388 g/mol. The van der Waals surface area contributed by atoms with Crippen LogP contribution in [-0.2, 0) is 16.1 Å². The number of nitrogens with zero attached hydrogens (tertiary/aromatic N) is 1. The molecule has 148 valence electrons. The third kappa shape index (κ3) is 6.39. The summed E-state index contributed by atoms with van der Waals surface area (Å²) in [6, 6.07) is 11.8. The maximum atomic E-state index is 13.0. The number of aliphatic carboxylic acids is 1. The number of rotatable bonds is 9. The van der Waals surface area contributed by atoms with E-state index in [4.69, 9.17) is 9.84 Å². The monoisotopic (exact) mass is 388 g/mol. The summed E-state index contributed by atoms with van der Waals surface area (Å²) in [4.78, 5) is 36.7. The number of halogens is 1. The first kappa shape index (κ1) is 20.9. The predicted octanol–water partition coefficient (Wildman–Crippen LogP) is 2.07. The van der Waals surface area contributed by atoms with E-state index in [1.165, 1.54) is 24.3 Å². The third-order valence-electron chi connectivity index (χ3n) is 3.79. The van der Waals surface area contributed by atoms with Crippen LogP contribution >= 0.6 is 0 Å². The van der Waals surface area contributed by atoms with Crippen molar-refractivity contribution in [2.24, 2.45) is 0 Å². The maximum absolute atomic E-state index is 13.0. The lowest BCUT2D eigenvalue weighted by Gasteiger charge is -2.21. The topological polar surface area (TPSA) is 95.9 Å². The standard InChI is InChI=1S/C20H21FN2O5/c1-2-28-17-9-5-15(6-10-17)20(27)22-11-18(24)23(13-19(25)26)12-14-3-7-16(21)8-4-14/h3-10H,2,11-13H2,1H3,(H,22,27)(H,25,26). The second kappa shape index (κ2) is 10.1. The Balaban J connectivity index is 1.96. The normalized spacial score (nSPS) is 10.2. The van der Waals surface area contributed by atoms with Gasteiger partial charge in [0.15, 0.2) is 0 Å². The van der Waals surface area contributed by atoms with Gasteiger partial charge in [-0.1, -0.05) is 12.1 Å². The van der Waals surface area contributed by atoms with Gasteiger partial charge in [-0.15, -0.1) is 0 Å². The van der Waals surface area contributed by atoms with E-state index in [-0.39, 0.29) is 13.1 Å². The summed E-state index contributed by atoms with van der Waals surface area (Å²) in [6.45, 7) is 1.45. The average Bonchev–Trinajstić information content (AvgIpc) is 2.67. The van der Waals surface area contributed by atoms with Gasteiger partial charge in [0.2, 0.25) is 5.91 Å². The van der Waals surface area contributed by atoms with E-state index in [0.29, 0.717) is 23.5 Å². The molecule has 0 spiro atoms. The molecule has 0 fully saturated rings. The minimum atomic E-state index is -1.19. The van der Waals surface area contributed by atoms with Crippen molar-refractivity contribution in [1.82, 2.24) is 10.2 Å². The van der Waals surface area contributed by atoms with Crippen LogP contribution in [0.25, 0.3) is 0 Å². The van der Waals surface area contributed by atoms with Gasteiger partial charge < -0.3 is 20.1 Å². The lowest BCUT2D eigenvalue weighted by Crippen LogP contribution is -2.42. The molecular formula is C20H21FN2O5.